The molecule has 0 atom stereocenters. The predicted octanol–water partition coefficient (Wildman–Crippen LogP) is 5.14. The summed E-state index contributed by atoms with van der Waals surface area (Å²) in [4.78, 5) is 25.3. The van der Waals surface area contributed by atoms with Crippen LogP contribution < -0.4 is 5.32 Å². The zero-order chi connectivity index (χ0) is 19.5. The van der Waals surface area contributed by atoms with Crippen LogP contribution in [0.15, 0.2) is 66.6 Å². The van der Waals surface area contributed by atoms with Gasteiger partial charge in [0.2, 0.25) is 0 Å². The van der Waals surface area contributed by atoms with Crippen molar-refractivity contribution in [2.24, 2.45) is 0 Å². The van der Waals surface area contributed by atoms with Gasteiger partial charge in [0.15, 0.2) is 0 Å². The van der Waals surface area contributed by atoms with Crippen molar-refractivity contribution in [3.8, 4) is 21.7 Å². The van der Waals surface area contributed by atoms with E-state index in [4.69, 9.17) is 0 Å². The third-order valence-electron chi connectivity index (χ3n) is 4.50. The van der Waals surface area contributed by atoms with Crippen LogP contribution in [0.25, 0.3) is 21.7 Å². The van der Waals surface area contributed by atoms with Gasteiger partial charge in [0.1, 0.15) is 10.8 Å². The molecule has 0 saturated heterocycles. The molecule has 6 heteroatoms. The molecule has 5 nitrogen and oxygen atoms in total. The minimum atomic E-state index is -0.193. The first-order valence-electron chi connectivity index (χ1n) is 8.81. The average molecular weight is 386 g/mol. The fourth-order valence-corrected chi connectivity index (χ4v) is 3.61. The SMILES string of the molecule is Cc1cnccc1C(=O)Nc1ccc(-c2cc(-c3nccs3)ccc2C)cn1. The summed E-state index contributed by atoms with van der Waals surface area (Å²) in [6, 6.07) is 11.8. The fraction of sp³-hybridized carbons (Fsp3) is 0.0909. The lowest BCUT2D eigenvalue weighted by Crippen LogP contribution is -2.14. The Morgan fingerprint density at radius 3 is 2.50 bits per heavy atom. The van der Waals surface area contributed by atoms with Crippen molar-refractivity contribution in [2.75, 3.05) is 5.32 Å². The van der Waals surface area contributed by atoms with Gasteiger partial charge in [0.05, 0.1) is 0 Å². The van der Waals surface area contributed by atoms with Crippen molar-refractivity contribution >= 4 is 23.1 Å². The second-order valence-electron chi connectivity index (χ2n) is 6.44. The van der Waals surface area contributed by atoms with Gasteiger partial charge < -0.3 is 5.32 Å². The highest BCUT2D eigenvalue weighted by Gasteiger charge is 2.11. The van der Waals surface area contributed by atoms with Crippen LogP contribution in [0.1, 0.15) is 21.5 Å². The fourth-order valence-electron chi connectivity index (χ4n) is 2.97. The Labute approximate surface area is 167 Å². The van der Waals surface area contributed by atoms with Crippen LogP contribution in [0.2, 0.25) is 0 Å². The quantitative estimate of drug-likeness (QED) is 0.527. The summed E-state index contributed by atoms with van der Waals surface area (Å²) in [5, 5.41) is 5.80. The van der Waals surface area contributed by atoms with Crippen molar-refractivity contribution in [1.82, 2.24) is 15.0 Å². The van der Waals surface area contributed by atoms with Gasteiger partial charge in [-0.3, -0.25) is 9.78 Å². The summed E-state index contributed by atoms with van der Waals surface area (Å²) < 4.78 is 0. The molecule has 0 spiro atoms. The molecule has 4 rings (SSSR count). The largest absolute Gasteiger partial charge is 0.307 e. The molecule has 1 aromatic carbocycles. The topological polar surface area (TPSA) is 67.8 Å². The first kappa shape index (κ1) is 18.0. The molecule has 0 unspecified atom stereocenters. The van der Waals surface area contributed by atoms with Gasteiger partial charge in [-0.05, 0) is 54.8 Å². The molecule has 3 aromatic heterocycles. The second-order valence-corrected chi connectivity index (χ2v) is 7.34. The van der Waals surface area contributed by atoms with E-state index in [0.717, 1.165) is 32.8 Å². The average Bonchev–Trinajstić information content (AvgIpc) is 3.24. The molecule has 0 bridgehead atoms. The Morgan fingerprint density at radius 1 is 0.929 bits per heavy atom. The molecule has 0 aliphatic heterocycles. The number of carbonyl (C=O) groups is 1. The van der Waals surface area contributed by atoms with Crippen LogP contribution in [0, 0.1) is 13.8 Å². The number of anilines is 1. The van der Waals surface area contributed by atoms with E-state index in [1.165, 1.54) is 0 Å². The summed E-state index contributed by atoms with van der Waals surface area (Å²) in [5.41, 5.74) is 5.75. The maximum absolute atomic E-state index is 12.4. The molecule has 0 radical (unpaired) electrons. The van der Waals surface area contributed by atoms with Crippen LogP contribution in [0.5, 0.6) is 0 Å². The monoisotopic (exact) mass is 386 g/mol. The first-order chi connectivity index (χ1) is 13.6. The third-order valence-corrected chi connectivity index (χ3v) is 5.32. The highest BCUT2D eigenvalue weighted by molar-refractivity contribution is 7.13. The maximum Gasteiger partial charge on any atom is 0.257 e. The number of thiazole rings is 1. The summed E-state index contributed by atoms with van der Waals surface area (Å²) in [6.45, 7) is 3.93. The lowest BCUT2D eigenvalue weighted by atomic mass is 9.99. The van der Waals surface area contributed by atoms with E-state index < -0.39 is 0 Å². The van der Waals surface area contributed by atoms with Crippen molar-refractivity contribution in [2.45, 2.75) is 13.8 Å². The van der Waals surface area contributed by atoms with Crippen molar-refractivity contribution in [3.05, 3.63) is 83.3 Å². The standard InChI is InChI=1S/C22H18N4OS/c1-14-3-4-16(22-24-9-10-28-22)11-19(14)17-5-6-20(25-13-17)26-21(27)18-7-8-23-12-15(18)2/h3-13H,1-2H3,(H,25,26,27). The van der Waals surface area contributed by atoms with Gasteiger partial charge in [-0.2, -0.15) is 0 Å². The Balaban J connectivity index is 1.58. The Morgan fingerprint density at radius 2 is 1.79 bits per heavy atom. The molecular weight excluding hydrogens is 368 g/mol. The highest BCUT2D eigenvalue weighted by Crippen LogP contribution is 2.30. The van der Waals surface area contributed by atoms with E-state index in [9.17, 15) is 4.79 Å². The number of hydrogen-bond acceptors (Lipinski definition) is 5. The van der Waals surface area contributed by atoms with E-state index >= 15 is 0 Å². The number of aromatic nitrogens is 3. The molecule has 4 aromatic rings. The number of carbonyl (C=O) groups excluding carboxylic acids is 1. The lowest BCUT2D eigenvalue weighted by molar-refractivity contribution is 0.102. The summed E-state index contributed by atoms with van der Waals surface area (Å²) in [7, 11) is 0. The Kier molecular flexibility index (Phi) is 4.95. The second kappa shape index (κ2) is 7.70. The zero-order valence-corrected chi connectivity index (χ0v) is 16.3. The molecule has 28 heavy (non-hydrogen) atoms. The van der Waals surface area contributed by atoms with Gasteiger partial charge in [0, 0.05) is 46.9 Å². The molecule has 0 saturated carbocycles. The molecule has 3 heterocycles. The minimum Gasteiger partial charge on any atom is -0.307 e. The highest BCUT2D eigenvalue weighted by atomic mass is 32.1. The molecular formula is C22H18N4OS. The molecule has 0 aliphatic carbocycles. The van der Waals surface area contributed by atoms with Crippen molar-refractivity contribution in [1.29, 1.82) is 0 Å². The zero-order valence-electron chi connectivity index (χ0n) is 15.5. The lowest BCUT2D eigenvalue weighted by Gasteiger charge is -2.10. The van der Waals surface area contributed by atoms with E-state index in [-0.39, 0.29) is 5.91 Å². The number of nitrogens with one attached hydrogen (secondary N) is 1. The summed E-state index contributed by atoms with van der Waals surface area (Å²) in [6.07, 6.45) is 6.87. The summed E-state index contributed by atoms with van der Waals surface area (Å²) in [5.74, 6) is 0.320. The van der Waals surface area contributed by atoms with E-state index in [1.807, 2.05) is 30.6 Å². The smallest absolute Gasteiger partial charge is 0.257 e. The van der Waals surface area contributed by atoms with Gasteiger partial charge in [-0.1, -0.05) is 12.1 Å². The third kappa shape index (κ3) is 3.68. The predicted molar refractivity (Wildman–Crippen MR) is 112 cm³/mol. The number of nitrogens with zero attached hydrogens (tertiary/aromatic N) is 3. The van der Waals surface area contributed by atoms with Crippen LogP contribution in [-0.2, 0) is 0 Å². The maximum atomic E-state index is 12.4. The number of hydrogen-bond donors (Lipinski definition) is 1. The molecule has 0 aliphatic rings. The number of rotatable bonds is 4. The first-order valence-corrected chi connectivity index (χ1v) is 9.69. The number of pyridine rings is 2. The van der Waals surface area contributed by atoms with Crippen molar-refractivity contribution < 1.29 is 4.79 Å². The molecule has 1 amide bonds. The van der Waals surface area contributed by atoms with E-state index in [1.54, 1.807) is 36.0 Å². The molecule has 1 N–H and O–H groups in total. The number of benzene rings is 1. The van der Waals surface area contributed by atoms with Crippen LogP contribution in [0.4, 0.5) is 5.82 Å². The van der Waals surface area contributed by atoms with Gasteiger partial charge in [-0.25, -0.2) is 9.97 Å². The minimum absolute atomic E-state index is 0.193. The normalized spacial score (nSPS) is 10.6. The van der Waals surface area contributed by atoms with Crippen LogP contribution in [0.3, 0.4) is 0 Å². The Bertz CT molecular complexity index is 1120. The number of amides is 1. The summed E-state index contributed by atoms with van der Waals surface area (Å²) >= 11 is 1.62. The van der Waals surface area contributed by atoms with Crippen molar-refractivity contribution in [3.63, 3.8) is 0 Å². The number of aryl methyl sites for hydroxylation is 2. The molecule has 138 valence electrons. The molecule has 0 fully saturated rings. The van der Waals surface area contributed by atoms with Gasteiger partial charge in [-0.15, -0.1) is 11.3 Å². The van der Waals surface area contributed by atoms with E-state index in [2.05, 4.69) is 45.4 Å². The van der Waals surface area contributed by atoms with Gasteiger partial charge >= 0.3 is 0 Å². The Hall–Kier alpha value is -3.38. The van der Waals surface area contributed by atoms with Crippen LogP contribution in [-0.4, -0.2) is 20.9 Å². The van der Waals surface area contributed by atoms with E-state index in [0.29, 0.717) is 11.4 Å². The van der Waals surface area contributed by atoms with Crippen LogP contribution >= 0.6 is 11.3 Å². The van der Waals surface area contributed by atoms with Gasteiger partial charge in [0.25, 0.3) is 5.91 Å².